The number of ether oxygens (including phenoxy) is 3. The second kappa shape index (κ2) is 8.89. The van der Waals surface area contributed by atoms with Crippen LogP contribution in [0.4, 0.5) is 0 Å². The van der Waals surface area contributed by atoms with E-state index in [1.54, 1.807) is 11.8 Å². The molecule has 1 atom stereocenters. The van der Waals surface area contributed by atoms with Gasteiger partial charge in [0.2, 0.25) is 0 Å². The van der Waals surface area contributed by atoms with E-state index in [0.29, 0.717) is 32.1 Å². The normalized spacial score (nSPS) is 19.9. The van der Waals surface area contributed by atoms with Crippen LogP contribution in [0.15, 0.2) is 24.4 Å². The molecule has 30 heavy (non-hydrogen) atoms. The van der Waals surface area contributed by atoms with Gasteiger partial charge in [-0.15, -0.1) is 5.10 Å². The van der Waals surface area contributed by atoms with E-state index in [2.05, 4.69) is 61.1 Å². The highest BCUT2D eigenvalue weighted by atomic mass is 16.7. The van der Waals surface area contributed by atoms with Crippen molar-refractivity contribution in [1.82, 2.24) is 15.0 Å². The van der Waals surface area contributed by atoms with Crippen LogP contribution in [0.1, 0.15) is 55.2 Å². The van der Waals surface area contributed by atoms with Crippen LogP contribution in [-0.4, -0.2) is 41.6 Å². The molecule has 2 aliphatic rings. The van der Waals surface area contributed by atoms with E-state index in [-0.39, 0.29) is 17.8 Å². The van der Waals surface area contributed by atoms with Crippen LogP contribution < -0.4 is 0 Å². The van der Waals surface area contributed by atoms with Crippen molar-refractivity contribution < 1.29 is 14.2 Å². The van der Waals surface area contributed by atoms with Crippen LogP contribution in [0.3, 0.4) is 0 Å². The van der Waals surface area contributed by atoms with Crippen molar-refractivity contribution in [3.8, 4) is 11.8 Å². The van der Waals surface area contributed by atoms with E-state index in [1.807, 2.05) is 6.20 Å². The second-order valence-corrected chi connectivity index (χ2v) is 9.19. The lowest BCUT2D eigenvalue weighted by Crippen LogP contribution is -2.39. The second-order valence-electron chi connectivity index (χ2n) is 9.19. The van der Waals surface area contributed by atoms with Crippen LogP contribution in [0.2, 0.25) is 0 Å². The summed E-state index contributed by atoms with van der Waals surface area (Å²) in [6, 6.07) is 6.35. The van der Waals surface area contributed by atoms with Gasteiger partial charge in [0.15, 0.2) is 6.29 Å². The molecule has 0 bridgehead atoms. The fourth-order valence-electron chi connectivity index (χ4n) is 3.49. The minimum absolute atomic E-state index is 0.0607. The summed E-state index contributed by atoms with van der Waals surface area (Å²) in [5, 5.41) is 8.59. The Bertz CT molecular complexity index is 927. The Labute approximate surface area is 178 Å². The van der Waals surface area contributed by atoms with E-state index in [9.17, 15) is 0 Å². The molecule has 1 aromatic carbocycles. The lowest BCUT2D eigenvalue weighted by atomic mass is 9.96. The van der Waals surface area contributed by atoms with Crippen molar-refractivity contribution in [2.45, 2.75) is 59.0 Å². The highest BCUT2D eigenvalue weighted by Gasteiger charge is 2.28. The summed E-state index contributed by atoms with van der Waals surface area (Å²) in [7, 11) is 1.74. The first-order valence-electron chi connectivity index (χ1n) is 10.7. The number of hydrogen-bond donors (Lipinski definition) is 0. The number of aryl methyl sites for hydroxylation is 1. The molecule has 2 aromatic rings. The van der Waals surface area contributed by atoms with Gasteiger partial charge in [0, 0.05) is 36.6 Å². The van der Waals surface area contributed by atoms with E-state index in [0.717, 1.165) is 16.8 Å². The van der Waals surface area contributed by atoms with Gasteiger partial charge < -0.3 is 14.2 Å². The Morgan fingerprint density at radius 3 is 2.73 bits per heavy atom. The standard InChI is InChI=1S/C24H31N3O3/c1-17-5-6-19(10-9-18-7-8-18)11-21(17)22(28-4)12-20-13-27(26-25-20)14-23-29-15-24(2,3)16-30-23/h5-6,11,13,18,22-23H,7-8,12,14-16H2,1-4H3. The molecule has 0 spiro atoms. The number of methoxy groups -OCH3 is 1. The van der Waals surface area contributed by atoms with Crippen molar-refractivity contribution in [3.63, 3.8) is 0 Å². The molecule has 2 fully saturated rings. The van der Waals surface area contributed by atoms with Crippen molar-refractivity contribution in [2.24, 2.45) is 11.3 Å². The predicted octanol–water partition coefficient (Wildman–Crippen LogP) is 3.68. The Balaban J connectivity index is 1.41. The minimum Gasteiger partial charge on any atom is -0.376 e. The van der Waals surface area contributed by atoms with Crippen molar-refractivity contribution in [1.29, 1.82) is 0 Å². The summed E-state index contributed by atoms with van der Waals surface area (Å²) < 4.78 is 19.2. The molecular formula is C24H31N3O3. The smallest absolute Gasteiger partial charge is 0.177 e. The van der Waals surface area contributed by atoms with E-state index in [4.69, 9.17) is 14.2 Å². The summed E-state index contributed by atoms with van der Waals surface area (Å²) in [5.41, 5.74) is 4.33. The first kappa shape index (κ1) is 21.0. The third-order valence-electron chi connectivity index (χ3n) is 5.55. The summed E-state index contributed by atoms with van der Waals surface area (Å²) in [5.74, 6) is 7.23. The third-order valence-corrected chi connectivity index (χ3v) is 5.55. The molecule has 1 aliphatic heterocycles. The average molecular weight is 410 g/mol. The maximum absolute atomic E-state index is 5.82. The maximum atomic E-state index is 5.82. The highest BCUT2D eigenvalue weighted by Crippen LogP contribution is 2.29. The number of nitrogens with zero attached hydrogens (tertiary/aromatic N) is 3. The van der Waals surface area contributed by atoms with Gasteiger partial charge >= 0.3 is 0 Å². The van der Waals surface area contributed by atoms with E-state index < -0.39 is 0 Å². The Hall–Kier alpha value is -2.20. The lowest BCUT2D eigenvalue weighted by molar-refractivity contribution is -0.227. The molecule has 1 saturated heterocycles. The van der Waals surface area contributed by atoms with Gasteiger partial charge in [0.1, 0.15) is 0 Å². The molecule has 6 nitrogen and oxygen atoms in total. The van der Waals surface area contributed by atoms with Crippen LogP contribution >= 0.6 is 0 Å². The van der Waals surface area contributed by atoms with Crippen LogP contribution in [-0.2, 0) is 27.2 Å². The molecule has 0 N–H and O–H groups in total. The SMILES string of the molecule is COC(Cc1cn(CC2OCC(C)(C)CO2)nn1)c1cc(C#CC2CC2)ccc1C. The Morgan fingerprint density at radius 1 is 1.27 bits per heavy atom. The molecule has 1 unspecified atom stereocenters. The predicted molar refractivity (Wildman–Crippen MR) is 114 cm³/mol. The fraction of sp³-hybridized carbons (Fsp3) is 0.583. The summed E-state index contributed by atoms with van der Waals surface area (Å²) in [6.07, 6.45) is 4.68. The van der Waals surface area contributed by atoms with E-state index in [1.165, 1.54) is 18.4 Å². The third kappa shape index (κ3) is 5.48. The quantitative estimate of drug-likeness (QED) is 0.681. The van der Waals surface area contributed by atoms with Crippen molar-refractivity contribution >= 4 is 0 Å². The largest absolute Gasteiger partial charge is 0.376 e. The number of hydrogen-bond acceptors (Lipinski definition) is 5. The molecule has 0 amide bonds. The van der Waals surface area contributed by atoms with Crippen LogP contribution in [0.5, 0.6) is 0 Å². The summed E-state index contributed by atoms with van der Waals surface area (Å²) in [6.45, 7) is 8.28. The molecule has 2 heterocycles. The minimum atomic E-state index is -0.283. The Kier molecular flexibility index (Phi) is 6.24. The zero-order valence-corrected chi connectivity index (χ0v) is 18.4. The summed E-state index contributed by atoms with van der Waals surface area (Å²) >= 11 is 0. The van der Waals surface area contributed by atoms with Crippen molar-refractivity contribution in [2.75, 3.05) is 20.3 Å². The zero-order valence-electron chi connectivity index (χ0n) is 18.4. The van der Waals surface area contributed by atoms with Crippen LogP contribution in [0.25, 0.3) is 0 Å². The molecule has 4 rings (SSSR count). The molecular weight excluding hydrogens is 378 g/mol. The van der Waals surface area contributed by atoms with Crippen molar-refractivity contribution in [3.05, 3.63) is 46.8 Å². The summed E-state index contributed by atoms with van der Waals surface area (Å²) in [4.78, 5) is 0. The van der Waals surface area contributed by atoms with Gasteiger partial charge in [0.05, 0.1) is 31.6 Å². The Morgan fingerprint density at radius 2 is 2.03 bits per heavy atom. The molecule has 0 radical (unpaired) electrons. The fourth-order valence-corrected chi connectivity index (χ4v) is 3.49. The van der Waals surface area contributed by atoms with E-state index >= 15 is 0 Å². The highest BCUT2D eigenvalue weighted by molar-refractivity contribution is 5.42. The van der Waals surface area contributed by atoms with Gasteiger partial charge in [-0.1, -0.05) is 37.0 Å². The molecule has 6 heteroatoms. The number of benzene rings is 1. The van der Waals surface area contributed by atoms with Gasteiger partial charge in [-0.25, -0.2) is 4.68 Å². The molecule has 1 aliphatic carbocycles. The lowest BCUT2D eigenvalue weighted by Gasteiger charge is -2.34. The zero-order chi connectivity index (χ0) is 21.1. The monoisotopic (exact) mass is 409 g/mol. The number of rotatable bonds is 6. The number of aromatic nitrogens is 3. The molecule has 1 aromatic heterocycles. The first-order valence-corrected chi connectivity index (χ1v) is 10.7. The molecule has 160 valence electrons. The van der Waals surface area contributed by atoms with Crippen LogP contribution in [0, 0.1) is 30.1 Å². The average Bonchev–Trinajstić information content (AvgIpc) is 3.46. The van der Waals surface area contributed by atoms with Gasteiger partial charge in [0.25, 0.3) is 0 Å². The van der Waals surface area contributed by atoms with Gasteiger partial charge in [-0.3, -0.25) is 0 Å². The van der Waals surface area contributed by atoms with Gasteiger partial charge in [-0.2, -0.15) is 0 Å². The molecule has 1 saturated carbocycles. The first-order chi connectivity index (χ1) is 14.4. The van der Waals surface area contributed by atoms with Gasteiger partial charge in [-0.05, 0) is 43.0 Å². The maximum Gasteiger partial charge on any atom is 0.177 e. The topological polar surface area (TPSA) is 58.4 Å².